The summed E-state index contributed by atoms with van der Waals surface area (Å²) in [7, 11) is 0. The van der Waals surface area contributed by atoms with E-state index in [-0.39, 0.29) is 6.61 Å². The summed E-state index contributed by atoms with van der Waals surface area (Å²) >= 11 is 0. The Morgan fingerprint density at radius 3 is 2.92 bits per heavy atom. The van der Waals surface area contributed by atoms with Gasteiger partial charge in [-0.15, -0.1) is 0 Å². The Balaban J connectivity index is 2.40. The molecule has 0 aromatic rings. The molecule has 0 N–H and O–H groups in total. The highest BCUT2D eigenvalue weighted by Gasteiger charge is 2.31. The van der Waals surface area contributed by atoms with E-state index in [1.807, 2.05) is 0 Å². The molecule has 1 heterocycles. The maximum atomic E-state index is 12.2. The molecular formula is C7H9FO4. The molecule has 0 aromatic heterocycles. The molecule has 1 fully saturated rings. The first-order valence-electron chi connectivity index (χ1n) is 3.62. The zero-order valence-corrected chi connectivity index (χ0v) is 6.58. The van der Waals surface area contributed by atoms with Crippen molar-refractivity contribution in [3.05, 3.63) is 0 Å². The first-order chi connectivity index (χ1) is 5.61. The van der Waals surface area contributed by atoms with Crippen LogP contribution in [-0.2, 0) is 19.1 Å². The van der Waals surface area contributed by atoms with Gasteiger partial charge >= 0.3 is 11.9 Å². The van der Waals surface area contributed by atoms with E-state index in [1.165, 1.54) is 0 Å². The van der Waals surface area contributed by atoms with Gasteiger partial charge in [0, 0.05) is 6.42 Å². The van der Waals surface area contributed by atoms with Gasteiger partial charge in [0.25, 0.3) is 0 Å². The Bertz CT molecular complexity index is 202. The third-order valence-corrected chi connectivity index (χ3v) is 1.47. The third kappa shape index (κ3) is 1.93. The van der Waals surface area contributed by atoms with Gasteiger partial charge in [0.15, 0.2) is 6.17 Å². The van der Waals surface area contributed by atoms with Crippen molar-refractivity contribution >= 4 is 11.9 Å². The fourth-order valence-corrected chi connectivity index (χ4v) is 0.818. The van der Waals surface area contributed by atoms with Gasteiger partial charge in [-0.3, -0.25) is 0 Å². The average Bonchev–Trinajstić information content (AvgIpc) is 2.36. The molecule has 0 aliphatic carbocycles. The van der Waals surface area contributed by atoms with Crippen LogP contribution in [-0.4, -0.2) is 30.8 Å². The predicted molar refractivity (Wildman–Crippen MR) is 36.0 cm³/mol. The SMILES string of the molecule is CC(F)C(=O)OC1CCOC1=O. The Morgan fingerprint density at radius 2 is 2.50 bits per heavy atom. The zero-order valence-electron chi connectivity index (χ0n) is 6.58. The van der Waals surface area contributed by atoms with Crippen molar-refractivity contribution in [1.29, 1.82) is 0 Å². The van der Waals surface area contributed by atoms with E-state index >= 15 is 0 Å². The topological polar surface area (TPSA) is 52.6 Å². The number of rotatable bonds is 2. The Labute approximate surface area is 68.6 Å². The van der Waals surface area contributed by atoms with E-state index in [0.29, 0.717) is 6.42 Å². The van der Waals surface area contributed by atoms with Gasteiger partial charge < -0.3 is 9.47 Å². The molecule has 0 saturated carbocycles. The van der Waals surface area contributed by atoms with Crippen molar-refractivity contribution in [2.45, 2.75) is 25.6 Å². The lowest BCUT2D eigenvalue weighted by atomic mass is 10.3. The lowest BCUT2D eigenvalue weighted by Crippen LogP contribution is -2.26. The normalized spacial score (nSPS) is 24.8. The first-order valence-corrected chi connectivity index (χ1v) is 3.62. The lowest BCUT2D eigenvalue weighted by molar-refractivity contribution is -0.163. The summed E-state index contributed by atoms with van der Waals surface area (Å²) in [6.07, 6.45) is -2.29. The van der Waals surface area contributed by atoms with Crippen LogP contribution in [0.25, 0.3) is 0 Å². The van der Waals surface area contributed by atoms with Gasteiger partial charge in [0.1, 0.15) is 0 Å². The summed E-state index contributed by atoms with van der Waals surface area (Å²) < 4.78 is 21.3. The minimum Gasteiger partial charge on any atom is -0.463 e. The Morgan fingerprint density at radius 1 is 1.83 bits per heavy atom. The average molecular weight is 176 g/mol. The van der Waals surface area contributed by atoms with Crippen molar-refractivity contribution in [1.82, 2.24) is 0 Å². The molecule has 0 bridgehead atoms. The quantitative estimate of drug-likeness (QED) is 0.564. The number of esters is 2. The number of carbonyl (C=O) groups is 2. The highest BCUT2D eigenvalue weighted by Crippen LogP contribution is 2.11. The van der Waals surface area contributed by atoms with Crippen LogP contribution in [0.1, 0.15) is 13.3 Å². The van der Waals surface area contributed by atoms with Gasteiger partial charge in [0.2, 0.25) is 6.10 Å². The summed E-state index contributed by atoms with van der Waals surface area (Å²) in [5, 5.41) is 0. The van der Waals surface area contributed by atoms with Crippen molar-refractivity contribution in [2.75, 3.05) is 6.61 Å². The Kier molecular flexibility index (Phi) is 2.62. The minimum absolute atomic E-state index is 0.234. The van der Waals surface area contributed by atoms with Gasteiger partial charge in [-0.05, 0) is 6.92 Å². The van der Waals surface area contributed by atoms with E-state index in [9.17, 15) is 14.0 Å². The van der Waals surface area contributed by atoms with Crippen LogP contribution in [0.4, 0.5) is 4.39 Å². The Hall–Kier alpha value is -1.13. The van der Waals surface area contributed by atoms with E-state index < -0.39 is 24.2 Å². The molecule has 4 nitrogen and oxygen atoms in total. The van der Waals surface area contributed by atoms with E-state index in [4.69, 9.17) is 0 Å². The van der Waals surface area contributed by atoms with Gasteiger partial charge in [-0.1, -0.05) is 0 Å². The molecule has 0 spiro atoms. The van der Waals surface area contributed by atoms with Crippen LogP contribution in [0.3, 0.4) is 0 Å². The van der Waals surface area contributed by atoms with Gasteiger partial charge in [-0.25, -0.2) is 14.0 Å². The number of hydrogen-bond donors (Lipinski definition) is 0. The lowest BCUT2D eigenvalue weighted by Gasteiger charge is -2.07. The van der Waals surface area contributed by atoms with E-state index in [2.05, 4.69) is 9.47 Å². The number of carbonyl (C=O) groups excluding carboxylic acids is 2. The summed E-state index contributed by atoms with van der Waals surface area (Å²) in [4.78, 5) is 21.3. The van der Waals surface area contributed by atoms with Crippen LogP contribution in [0, 0.1) is 0 Å². The van der Waals surface area contributed by atoms with Crippen LogP contribution >= 0.6 is 0 Å². The molecule has 1 aliphatic heterocycles. The fraction of sp³-hybridized carbons (Fsp3) is 0.714. The van der Waals surface area contributed by atoms with Gasteiger partial charge in [-0.2, -0.15) is 0 Å². The molecule has 5 heteroatoms. The summed E-state index contributed by atoms with van der Waals surface area (Å²) in [6, 6.07) is 0. The number of ether oxygens (including phenoxy) is 2. The number of alkyl halides is 1. The molecule has 1 aliphatic rings. The minimum atomic E-state index is -1.70. The standard InChI is InChI=1S/C7H9FO4/c1-4(8)6(9)12-5-2-3-11-7(5)10/h4-5H,2-3H2,1H3. The zero-order chi connectivity index (χ0) is 9.14. The van der Waals surface area contributed by atoms with E-state index in [1.54, 1.807) is 0 Å². The van der Waals surface area contributed by atoms with Crippen molar-refractivity contribution in [2.24, 2.45) is 0 Å². The third-order valence-electron chi connectivity index (χ3n) is 1.47. The van der Waals surface area contributed by atoms with Crippen LogP contribution in [0.2, 0.25) is 0 Å². The van der Waals surface area contributed by atoms with Crippen LogP contribution < -0.4 is 0 Å². The highest BCUT2D eigenvalue weighted by atomic mass is 19.1. The second-order valence-electron chi connectivity index (χ2n) is 2.50. The summed E-state index contributed by atoms with van der Waals surface area (Å²) in [6.45, 7) is 1.29. The molecule has 68 valence electrons. The van der Waals surface area contributed by atoms with Crippen LogP contribution in [0.5, 0.6) is 0 Å². The molecule has 1 rings (SSSR count). The molecule has 0 aromatic carbocycles. The molecule has 0 radical (unpaired) electrons. The van der Waals surface area contributed by atoms with Gasteiger partial charge in [0.05, 0.1) is 6.61 Å². The summed E-state index contributed by atoms with van der Waals surface area (Å²) in [5.74, 6) is -1.61. The molecule has 2 atom stereocenters. The predicted octanol–water partition coefficient (Wildman–Crippen LogP) is 0.203. The van der Waals surface area contributed by atoms with Crippen molar-refractivity contribution < 1.29 is 23.5 Å². The number of halogens is 1. The summed E-state index contributed by atoms with van der Waals surface area (Å²) in [5.41, 5.74) is 0. The molecule has 2 unspecified atom stereocenters. The van der Waals surface area contributed by atoms with Crippen molar-refractivity contribution in [3.8, 4) is 0 Å². The number of cyclic esters (lactones) is 1. The monoisotopic (exact) mass is 176 g/mol. The van der Waals surface area contributed by atoms with Crippen LogP contribution in [0.15, 0.2) is 0 Å². The smallest absolute Gasteiger partial charge is 0.347 e. The first kappa shape index (κ1) is 8.96. The highest BCUT2D eigenvalue weighted by molar-refractivity contribution is 5.82. The fourth-order valence-electron chi connectivity index (χ4n) is 0.818. The molecule has 12 heavy (non-hydrogen) atoms. The molecule has 0 amide bonds. The molecule has 1 saturated heterocycles. The molecular weight excluding hydrogens is 167 g/mol. The van der Waals surface area contributed by atoms with Crippen molar-refractivity contribution in [3.63, 3.8) is 0 Å². The maximum Gasteiger partial charge on any atom is 0.347 e. The largest absolute Gasteiger partial charge is 0.463 e. The van der Waals surface area contributed by atoms with E-state index in [0.717, 1.165) is 6.92 Å². The second kappa shape index (κ2) is 3.51. The second-order valence-corrected chi connectivity index (χ2v) is 2.50. The number of hydrogen-bond acceptors (Lipinski definition) is 4. The maximum absolute atomic E-state index is 12.2.